The first-order valence-electron chi connectivity index (χ1n) is 4.16. The van der Waals surface area contributed by atoms with E-state index in [0.717, 1.165) is 0 Å². The number of halogens is 7. The quantitative estimate of drug-likeness (QED) is 0.633. The highest BCUT2D eigenvalue weighted by atomic mass is 79.9. The Labute approximate surface area is 101 Å². The van der Waals surface area contributed by atoms with E-state index < -0.39 is 23.5 Å². The molecule has 0 atom stereocenters. The number of alkyl halides is 6. The van der Waals surface area contributed by atoms with Crippen molar-refractivity contribution in [2.75, 3.05) is 0 Å². The highest BCUT2D eigenvalue weighted by molar-refractivity contribution is 9.15. The van der Waals surface area contributed by atoms with Gasteiger partial charge in [-0.1, -0.05) is 22.5 Å². The van der Waals surface area contributed by atoms with Crippen LogP contribution in [0.4, 0.5) is 26.3 Å². The van der Waals surface area contributed by atoms with E-state index in [1.807, 2.05) is 0 Å². The largest absolute Gasteiger partial charge is 0.416 e. The predicted molar refractivity (Wildman–Crippen MR) is 54.4 cm³/mol. The minimum atomic E-state index is -4.83. The first-order chi connectivity index (χ1) is 7.51. The molecule has 0 aromatic heterocycles. The lowest BCUT2D eigenvalue weighted by Crippen LogP contribution is -2.11. The third-order valence-corrected chi connectivity index (χ3v) is 2.36. The summed E-state index contributed by atoms with van der Waals surface area (Å²) in [7, 11) is 0. The normalized spacial score (nSPS) is 12.6. The maximum atomic E-state index is 12.4. The number of hydrogen-bond acceptors (Lipinski definition) is 0. The van der Waals surface area contributed by atoms with Gasteiger partial charge in [-0.25, -0.2) is 0 Å². The van der Waals surface area contributed by atoms with Gasteiger partial charge in [0, 0.05) is 4.48 Å². The van der Waals surface area contributed by atoms with Gasteiger partial charge in [0.05, 0.1) is 11.1 Å². The molecule has 7 heteroatoms. The fourth-order valence-electron chi connectivity index (χ4n) is 1.11. The Hall–Kier alpha value is -0.980. The van der Waals surface area contributed by atoms with E-state index in [4.69, 9.17) is 0 Å². The van der Waals surface area contributed by atoms with Crippen LogP contribution in [-0.4, -0.2) is 0 Å². The average Bonchev–Trinajstić information content (AvgIpc) is 2.14. The number of hydrogen-bond donors (Lipinski definition) is 0. The molecule has 1 aromatic carbocycles. The molecule has 0 nitrogen and oxygen atoms in total. The van der Waals surface area contributed by atoms with Gasteiger partial charge in [0.2, 0.25) is 0 Å². The topological polar surface area (TPSA) is 0 Å². The van der Waals surface area contributed by atoms with Gasteiger partial charge in [-0.05, 0) is 23.8 Å². The molecular formula is C10H5BrF6. The van der Waals surface area contributed by atoms with E-state index in [0.29, 0.717) is 12.1 Å². The van der Waals surface area contributed by atoms with E-state index in [9.17, 15) is 26.3 Å². The lowest BCUT2D eigenvalue weighted by molar-refractivity contribution is -0.143. The molecule has 17 heavy (non-hydrogen) atoms. The van der Waals surface area contributed by atoms with Gasteiger partial charge in [-0.15, -0.1) is 0 Å². The van der Waals surface area contributed by atoms with E-state index in [-0.39, 0.29) is 16.1 Å². The molecule has 0 spiro atoms. The summed E-state index contributed by atoms with van der Waals surface area (Å²) in [4.78, 5) is 0. The van der Waals surface area contributed by atoms with Gasteiger partial charge in [-0.3, -0.25) is 0 Å². The Morgan fingerprint density at radius 3 is 1.47 bits per heavy atom. The summed E-state index contributed by atoms with van der Waals surface area (Å²) in [6.07, 6.45) is -9.67. The first-order valence-corrected chi connectivity index (χ1v) is 4.95. The van der Waals surface area contributed by atoms with Crippen molar-refractivity contribution in [1.82, 2.24) is 0 Å². The van der Waals surface area contributed by atoms with Crippen molar-refractivity contribution in [3.05, 3.63) is 41.5 Å². The fraction of sp³-hybridized carbons (Fsp3) is 0.200. The molecule has 0 heterocycles. The Balaban J connectivity index is 3.45. The van der Waals surface area contributed by atoms with Crippen molar-refractivity contribution in [2.24, 2.45) is 0 Å². The van der Waals surface area contributed by atoms with E-state index in [2.05, 4.69) is 22.5 Å². The van der Waals surface area contributed by atoms with Gasteiger partial charge in [0.15, 0.2) is 0 Å². The van der Waals surface area contributed by atoms with Crippen molar-refractivity contribution in [2.45, 2.75) is 12.4 Å². The van der Waals surface area contributed by atoms with Crippen LogP contribution in [0.25, 0.3) is 4.48 Å². The van der Waals surface area contributed by atoms with Gasteiger partial charge in [0.25, 0.3) is 0 Å². The van der Waals surface area contributed by atoms with Crippen molar-refractivity contribution < 1.29 is 26.3 Å². The molecular weight excluding hydrogens is 314 g/mol. The second-order valence-corrected chi connectivity index (χ2v) is 4.16. The summed E-state index contributed by atoms with van der Waals surface area (Å²) in [6, 6.07) is 1.28. The number of rotatable bonds is 1. The molecule has 0 aliphatic heterocycles. The maximum absolute atomic E-state index is 12.4. The molecule has 94 valence electrons. The summed E-state index contributed by atoms with van der Waals surface area (Å²) < 4.78 is 74.3. The fourth-order valence-corrected chi connectivity index (χ4v) is 1.34. The third kappa shape index (κ3) is 3.49. The van der Waals surface area contributed by atoms with Crippen LogP contribution in [0.15, 0.2) is 24.8 Å². The summed E-state index contributed by atoms with van der Waals surface area (Å²) in [6.45, 7) is 3.25. The number of benzene rings is 1. The van der Waals surface area contributed by atoms with Crippen LogP contribution in [0.5, 0.6) is 0 Å². The molecule has 0 aliphatic carbocycles. The van der Waals surface area contributed by atoms with Crippen LogP contribution in [0, 0.1) is 0 Å². The Morgan fingerprint density at radius 2 is 1.24 bits per heavy atom. The molecule has 0 bridgehead atoms. The van der Waals surface area contributed by atoms with Crippen LogP contribution in [0.3, 0.4) is 0 Å². The SMILES string of the molecule is C=C(Br)c1cc(C(F)(F)F)cc(C(F)(F)F)c1. The van der Waals surface area contributed by atoms with Crippen LogP contribution >= 0.6 is 15.9 Å². The van der Waals surface area contributed by atoms with Crippen LogP contribution < -0.4 is 0 Å². The lowest BCUT2D eigenvalue weighted by atomic mass is 10.0. The summed E-state index contributed by atoms with van der Waals surface area (Å²) in [5, 5.41) is 0. The Morgan fingerprint density at radius 1 is 0.882 bits per heavy atom. The molecule has 0 saturated heterocycles. The molecule has 1 rings (SSSR count). The highest BCUT2D eigenvalue weighted by Gasteiger charge is 2.36. The second-order valence-electron chi connectivity index (χ2n) is 3.20. The zero-order valence-corrected chi connectivity index (χ0v) is 9.67. The van der Waals surface area contributed by atoms with Crippen LogP contribution in [-0.2, 0) is 12.4 Å². The minimum absolute atomic E-state index is 0.0471. The van der Waals surface area contributed by atoms with Gasteiger partial charge >= 0.3 is 12.4 Å². The Kier molecular flexibility index (Phi) is 3.61. The molecule has 0 N–H and O–H groups in total. The van der Waals surface area contributed by atoms with Crippen LogP contribution in [0.1, 0.15) is 16.7 Å². The lowest BCUT2D eigenvalue weighted by Gasteiger charge is -2.13. The monoisotopic (exact) mass is 318 g/mol. The Bertz CT molecular complexity index is 411. The van der Waals surface area contributed by atoms with Crippen LogP contribution in [0.2, 0.25) is 0 Å². The molecule has 0 saturated carbocycles. The molecule has 0 unspecified atom stereocenters. The van der Waals surface area contributed by atoms with Crippen molar-refractivity contribution >= 4 is 20.4 Å². The zero-order valence-electron chi connectivity index (χ0n) is 8.08. The van der Waals surface area contributed by atoms with E-state index in [1.54, 1.807) is 0 Å². The first kappa shape index (κ1) is 14.1. The summed E-state index contributed by atoms with van der Waals surface area (Å²) >= 11 is 2.76. The zero-order chi connectivity index (χ0) is 13.4. The molecule has 1 aromatic rings. The summed E-state index contributed by atoms with van der Waals surface area (Å²) in [5.74, 6) is 0. The smallest absolute Gasteiger partial charge is 0.166 e. The van der Waals surface area contributed by atoms with Gasteiger partial charge < -0.3 is 0 Å². The average molecular weight is 319 g/mol. The second kappa shape index (κ2) is 4.36. The predicted octanol–water partition coefficient (Wildman–Crippen LogP) is 5.09. The van der Waals surface area contributed by atoms with Crippen molar-refractivity contribution in [1.29, 1.82) is 0 Å². The molecule has 0 radical (unpaired) electrons. The van der Waals surface area contributed by atoms with E-state index >= 15 is 0 Å². The minimum Gasteiger partial charge on any atom is -0.166 e. The molecule has 0 aliphatic rings. The highest BCUT2D eigenvalue weighted by Crippen LogP contribution is 2.38. The van der Waals surface area contributed by atoms with Gasteiger partial charge in [0.1, 0.15) is 0 Å². The molecule has 0 fully saturated rings. The standard InChI is InChI=1S/C10H5BrF6/c1-5(11)6-2-7(9(12,13)14)4-8(3-6)10(15,16)17/h2-4H,1H2. The van der Waals surface area contributed by atoms with Crippen molar-refractivity contribution in [3.8, 4) is 0 Å². The summed E-state index contributed by atoms with van der Waals surface area (Å²) in [5.41, 5.74) is -2.97. The third-order valence-electron chi connectivity index (χ3n) is 1.90. The maximum Gasteiger partial charge on any atom is 0.416 e. The van der Waals surface area contributed by atoms with Crippen molar-refractivity contribution in [3.63, 3.8) is 0 Å². The van der Waals surface area contributed by atoms with Gasteiger partial charge in [-0.2, -0.15) is 26.3 Å². The van der Waals surface area contributed by atoms with E-state index in [1.165, 1.54) is 0 Å². The molecule has 0 amide bonds.